The van der Waals surface area contributed by atoms with Crippen LogP contribution in [0.5, 0.6) is 0 Å². The Labute approximate surface area is 114 Å². The third-order valence-corrected chi connectivity index (χ3v) is 4.01. The number of nitrogens with zero attached hydrogens (tertiary/aromatic N) is 2. The third-order valence-electron chi connectivity index (χ3n) is 4.01. The minimum absolute atomic E-state index is 0.136. The zero-order valence-electron chi connectivity index (χ0n) is 11.6. The first-order chi connectivity index (χ1) is 9.13. The van der Waals surface area contributed by atoms with Crippen molar-refractivity contribution < 1.29 is 4.79 Å². The van der Waals surface area contributed by atoms with Crippen LogP contribution in [0.3, 0.4) is 0 Å². The van der Waals surface area contributed by atoms with E-state index in [-0.39, 0.29) is 23.9 Å². The predicted octanol–water partition coefficient (Wildman–Crippen LogP) is 1.34. The van der Waals surface area contributed by atoms with Crippen LogP contribution in [0.4, 0.5) is 0 Å². The summed E-state index contributed by atoms with van der Waals surface area (Å²) in [4.78, 5) is 20.0. The molecule has 1 amide bonds. The molecular weight excluding hydrogens is 240 g/mol. The molecule has 3 atom stereocenters. The Balaban J connectivity index is 2.17. The summed E-state index contributed by atoms with van der Waals surface area (Å²) in [6.07, 6.45) is 7.43. The Morgan fingerprint density at radius 1 is 1.63 bits per heavy atom. The van der Waals surface area contributed by atoms with Crippen LogP contribution < -0.4 is 11.1 Å². The smallest absolute Gasteiger partial charge is 0.234 e. The van der Waals surface area contributed by atoms with Crippen LogP contribution >= 0.6 is 0 Å². The number of nitrogens with two attached hydrogens (primary N) is 1. The number of nitrogens with one attached hydrogen (secondary N) is 1. The monoisotopic (exact) mass is 262 g/mol. The Morgan fingerprint density at radius 3 is 3.11 bits per heavy atom. The van der Waals surface area contributed by atoms with Gasteiger partial charge in [0.2, 0.25) is 5.91 Å². The topological polar surface area (TPSA) is 80.9 Å². The highest BCUT2D eigenvalue weighted by molar-refractivity contribution is 5.80. The lowest BCUT2D eigenvalue weighted by molar-refractivity contribution is -0.121. The molecular formula is C14H22N4O. The molecule has 1 aromatic heterocycles. The van der Waals surface area contributed by atoms with Crippen molar-refractivity contribution in [3.63, 3.8) is 0 Å². The van der Waals surface area contributed by atoms with E-state index in [1.54, 1.807) is 6.33 Å². The summed E-state index contributed by atoms with van der Waals surface area (Å²) in [5, 5.41) is 3.41. The molecule has 1 aliphatic carbocycles. The highest BCUT2D eigenvalue weighted by atomic mass is 16.1. The lowest BCUT2D eigenvalue weighted by atomic mass is 9.90. The molecule has 0 bridgehead atoms. The molecule has 5 nitrogen and oxygen atoms in total. The second-order valence-corrected chi connectivity index (χ2v) is 5.30. The fourth-order valence-electron chi connectivity index (χ4n) is 2.65. The number of aryl methyl sites for hydroxylation is 1. The van der Waals surface area contributed by atoms with Crippen molar-refractivity contribution in [2.45, 2.75) is 51.6 Å². The second kappa shape index (κ2) is 6.10. The SMILES string of the molecule is CCC(C)C(NC1CCCc2ncncc21)C(N)=O. The molecule has 0 saturated heterocycles. The van der Waals surface area contributed by atoms with E-state index < -0.39 is 0 Å². The zero-order chi connectivity index (χ0) is 13.8. The minimum Gasteiger partial charge on any atom is -0.368 e. The van der Waals surface area contributed by atoms with E-state index in [1.807, 2.05) is 13.1 Å². The average molecular weight is 262 g/mol. The van der Waals surface area contributed by atoms with Crippen LogP contribution in [0, 0.1) is 5.92 Å². The van der Waals surface area contributed by atoms with Crippen LogP contribution in [0.1, 0.15) is 50.4 Å². The number of amides is 1. The molecule has 0 radical (unpaired) electrons. The fraction of sp³-hybridized carbons (Fsp3) is 0.643. The molecule has 104 valence electrons. The summed E-state index contributed by atoms with van der Waals surface area (Å²) in [6.45, 7) is 4.12. The first-order valence-electron chi connectivity index (χ1n) is 6.97. The second-order valence-electron chi connectivity index (χ2n) is 5.30. The van der Waals surface area contributed by atoms with Crippen molar-refractivity contribution >= 4 is 5.91 Å². The highest BCUT2D eigenvalue weighted by Gasteiger charge is 2.28. The quantitative estimate of drug-likeness (QED) is 0.839. The maximum atomic E-state index is 11.6. The van der Waals surface area contributed by atoms with Crippen LogP contribution in [0.25, 0.3) is 0 Å². The van der Waals surface area contributed by atoms with E-state index in [0.29, 0.717) is 0 Å². The van der Waals surface area contributed by atoms with E-state index >= 15 is 0 Å². The fourth-order valence-corrected chi connectivity index (χ4v) is 2.65. The standard InChI is InChI=1S/C14H22N4O/c1-3-9(2)13(14(15)19)18-12-6-4-5-11-10(12)7-16-8-17-11/h7-9,12-13,18H,3-6H2,1-2H3,(H2,15,19). The molecule has 0 aromatic carbocycles. The van der Waals surface area contributed by atoms with Gasteiger partial charge in [-0.15, -0.1) is 0 Å². The Morgan fingerprint density at radius 2 is 2.42 bits per heavy atom. The minimum atomic E-state index is -0.291. The van der Waals surface area contributed by atoms with Gasteiger partial charge in [0.1, 0.15) is 6.33 Å². The number of primary amides is 1. The number of rotatable bonds is 5. The zero-order valence-corrected chi connectivity index (χ0v) is 11.6. The van der Waals surface area contributed by atoms with Gasteiger partial charge in [-0.25, -0.2) is 9.97 Å². The summed E-state index contributed by atoms with van der Waals surface area (Å²) in [5.74, 6) is -0.0502. The van der Waals surface area contributed by atoms with E-state index in [2.05, 4.69) is 22.2 Å². The molecule has 1 aromatic rings. The van der Waals surface area contributed by atoms with Gasteiger partial charge in [-0.3, -0.25) is 10.1 Å². The molecule has 5 heteroatoms. The van der Waals surface area contributed by atoms with Gasteiger partial charge in [0.25, 0.3) is 0 Å². The molecule has 0 spiro atoms. The van der Waals surface area contributed by atoms with E-state index in [9.17, 15) is 4.79 Å². The number of aromatic nitrogens is 2. The van der Waals surface area contributed by atoms with Gasteiger partial charge in [-0.2, -0.15) is 0 Å². The van der Waals surface area contributed by atoms with Gasteiger partial charge >= 0.3 is 0 Å². The van der Waals surface area contributed by atoms with Gasteiger partial charge in [0.05, 0.1) is 6.04 Å². The van der Waals surface area contributed by atoms with Crippen molar-refractivity contribution in [1.29, 1.82) is 0 Å². The number of carbonyl (C=O) groups excluding carboxylic acids is 1. The first kappa shape index (κ1) is 13.9. The normalized spacial score (nSPS) is 21.5. The summed E-state index contributed by atoms with van der Waals surface area (Å²) in [7, 11) is 0. The summed E-state index contributed by atoms with van der Waals surface area (Å²) in [5.41, 5.74) is 7.72. The molecule has 0 saturated carbocycles. The van der Waals surface area contributed by atoms with Crippen LogP contribution in [0.15, 0.2) is 12.5 Å². The average Bonchev–Trinajstić information content (AvgIpc) is 2.43. The predicted molar refractivity (Wildman–Crippen MR) is 73.3 cm³/mol. The molecule has 3 unspecified atom stereocenters. The van der Waals surface area contributed by atoms with Gasteiger partial charge in [-0.1, -0.05) is 20.3 Å². The molecule has 0 fully saturated rings. The van der Waals surface area contributed by atoms with Crippen molar-refractivity contribution in [2.75, 3.05) is 0 Å². The van der Waals surface area contributed by atoms with Crippen LogP contribution in [-0.2, 0) is 11.2 Å². The van der Waals surface area contributed by atoms with Crippen LogP contribution in [0.2, 0.25) is 0 Å². The molecule has 2 rings (SSSR count). The molecule has 3 N–H and O–H groups in total. The molecule has 1 heterocycles. The number of hydrogen-bond donors (Lipinski definition) is 2. The van der Waals surface area contributed by atoms with Crippen molar-refractivity contribution in [2.24, 2.45) is 11.7 Å². The van der Waals surface area contributed by atoms with Crippen molar-refractivity contribution in [3.05, 3.63) is 23.8 Å². The third kappa shape index (κ3) is 3.10. The molecule has 19 heavy (non-hydrogen) atoms. The Hall–Kier alpha value is -1.49. The number of fused-ring (bicyclic) bond motifs is 1. The van der Waals surface area contributed by atoms with Gasteiger partial charge in [0.15, 0.2) is 0 Å². The van der Waals surface area contributed by atoms with E-state index in [1.165, 1.54) is 0 Å². The maximum absolute atomic E-state index is 11.6. The molecule has 0 aliphatic heterocycles. The van der Waals surface area contributed by atoms with Crippen molar-refractivity contribution in [1.82, 2.24) is 15.3 Å². The largest absolute Gasteiger partial charge is 0.368 e. The van der Waals surface area contributed by atoms with Crippen LogP contribution in [-0.4, -0.2) is 21.9 Å². The highest BCUT2D eigenvalue weighted by Crippen LogP contribution is 2.28. The maximum Gasteiger partial charge on any atom is 0.234 e. The first-order valence-corrected chi connectivity index (χ1v) is 6.97. The number of carbonyl (C=O) groups is 1. The van der Waals surface area contributed by atoms with Crippen molar-refractivity contribution in [3.8, 4) is 0 Å². The summed E-state index contributed by atoms with van der Waals surface area (Å²) in [6, 6.07) is -0.155. The summed E-state index contributed by atoms with van der Waals surface area (Å²) < 4.78 is 0. The lowest BCUT2D eigenvalue weighted by Gasteiger charge is -2.30. The van der Waals surface area contributed by atoms with Gasteiger partial charge in [-0.05, 0) is 25.2 Å². The van der Waals surface area contributed by atoms with E-state index in [4.69, 9.17) is 5.73 Å². The van der Waals surface area contributed by atoms with E-state index in [0.717, 1.165) is 36.9 Å². The van der Waals surface area contributed by atoms with Gasteiger partial charge < -0.3 is 5.73 Å². The Bertz CT molecular complexity index is 449. The molecule has 1 aliphatic rings. The Kier molecular flexibility index (Phi) is 4.47. The lowest BCUT2D eigenvalue weighted by Crippen LogP contribution is -2.47. The number of hydrogen-bond acceptors (Lipinski definition) is 4. The van der Waals surface area contributed by atoms with Gasteiger partial charge in [0, 0.05) is 23.5 Å². The summed E-state index contributed by atoms with van der Waals surface area (Å²) >= 11 is 0.